The second kappa shape index (κ2) is 37.5. The molecule has 0 fully saturated rings. The van der Waals surface area contributed by atoms with E-state index in [0.717, 1.165) is 12.8 Å². The van der Waals surface area contributed by atoms with Crippen LogP contribution in [-0.2, 0) is 19.1 Å². The van der Waals surface area contributed by atoms with Crippen molar-refractivity contribution in [1.29, 1.82) is 0 Å². The van der Waals surface area contributed by atoms with E-state index in [1.54, 1.807) is 24.3 Å². The van der Waals surface area contributed by atoms with Gasteiger partial charge in [-0.05, 0) is 25.7 Å². The summed E-state index contributed by atoms with van der Waals surface area (Å²) in [7, 11) is 0. The third kappa shape index (κ3) is 36.5. The van der Waals surface area contributed by atoms with E-state index in [1.165, 1.54) is 102 Å². The summed E-state index contributed by atoms with van der Waals surface area (Å²) in [5, 5.41) is 0. The zero-order valence-electron chi connectivity index (χ0n) is 28.9. The maximum atomic E-state index is 11.7. The lowest BCUT2D eigenvalue weighted by Crippen LogP contribution is -2.11. The highest BCUT2D eigenvalue weighted by atomic mass is 16.6. The Balaban J connectivity index is 3.81. The van der Waals surface area contributed by atoms with Gasteiger partial charge in [0.25, 0.3) is 0 Å². The molecule has 4 heteroatoms. The molecule has 0 spiro atoms. The summed E-state index contributed by atoms with van der Waals surface area (Å²) in [4.78, 5) is 23.5. The van der Waals surface area contributed by atoms with Gasteiger partial charge in [0.15, 0.2) is 0 Å². The van der Waals surface area contributed by atoms with Gasteiger partial charge in [-0.3, -0.25) is 0 Å². The van der Waals surface area contributed by atoms with Crippen LogP contribution in [0.3, 0.4) is 0 Å². The van der Waals surface area contributed by atoms with E-state index in [-0.39, 0.29) is 13.2 Å². The van der Waals surface area contributed by atoms with Crippen molar-refractivity contribution in [3.05, 3.63) is 122 Å². The Bertz CT molecular complexity index is 932. The predicted octanol–water partition coefficient (Wildman–Crippen LogP) is 11.9. The molecule has 4 nitrogen and oxygen atoms in total. The number of ether oxygens (including phenoxy) is 2. The first-order chi connectivity index (χ1) is 22.7. The summed E-state index contributed by atoms with van der Waals surface area (Å²) in [5.74, 6) is -0.975. The Labute approximate surface area is 281 Å². The summed E-state index contributed by atoms with van der Waals surface area (Å²) < 4.78 is 10.1. The lowest BCUT2D eigenvalue weighted by atomic mass is 10.1. The highest BCUT2D eigenvalue weighted by Gasteiger charge is 1.99. The summed E-state index contributed by atoms with van der Waals surface area (Å²) in [6.45, 7) is 4.51. The number of hydrogen-bond donors (Lipinski definition) is 0. The van der Waals surface area contributed by atoms with Gasteiger partial charge in [-0.25, -0.2) is 9.59 Å². The van der Waals surface area contributed by atoms with Gasteiger partial charge in [-0.1, -0.05) is 200 Å². The molecule has 0 saturated heterocycles. The summed E-state index contributed by atoms with van der Waals surface area (Å²) >= 11 is 0. The third-order valence-corrected chi connectivity index (χ3v) is 6.81. The monoisotopic (exact) mass is 630 g/mol. The van der Waals surface area contributed by atoms with Gasteiger partial charge >= 0.3 is 11.9 Å². The van der Waals surface area contributed by atoms with Crippen molar-refractivity contribution in [3.63, 3.8) is 0 Å². The average Bonchev–Trinajstić information content (AvgIpc) is 3.06. The molecule has 0 aliphatic carbocycles. The molecule has 0 heterocycles. The topological polar surface area (TPSA) is 52.6 Å². The molecule has 0 saturated carbocycles. The Kier molecular flexibility index (Phi) is 34.5. The molecule has 254 valence electrons. The van der Waals surface area contributed by atoms with Crippen LogP contribution in [0.4, 0.5) is 0 Å². The predicted molar refractivity (Wildman–Crippen MR) is 199 cm³/mol. The molecule has 0 radical (unpaired) electrons. The van der Waals surface area contributed by atoms with Crippen molar-refractivity contribution in [3.8, 4) is 0 Å². The number of unbranched alkanes of at least 4 members (excludes halogenated alkanes) is 14. The van der Waals surface area contributed by atoms with Crippen LogP contribution < -0.4 is 0 Å². The number of allylic oxidation sites excluding steroid dienone is 18. The van der Waals surface area contributed by atoms with Gasteiger partial charge in [0.05, 0.1) is 0 Å². The molecule has 0 rings (SSSR count). The molecule has 0 aromatic rings. The molecule has 46 heavy (non-hydrogen) atoms. The summed E-state index contributed by atoms with van der Waals surface area (Å²) in [6.07, 6.45) is 58.3. The number of rotatable bonds is 29. The molecule has 0 bridgehead atoms. The van der Waals surface area contributed by atoms with Crippen molar-refractivity contribution in [2.45, 2.75) is 117 Å². The van der Waals surface area contributed by atoms with Crippen molar-refractivity contribution < 1.29 is 19.1 Å². The Morgan fingerprint density at radius 1 is 0.370 bits per heavy atom. The van der Waals surface area contributed by atoms with Crippen LogP contribution in [0.5, 0.6) is 0 Å². The van der Waals surface area contributed by atoms with E-state index < -0.39 is 11.9 Å². The number of carbonyl (C=O) groups excluding carboxylic acids is 2. The second-order valence-electron chi connectivity index (χ2n) is 11.0. The van der Waals surface area contributed by atoms with Crippen LogP contribution >= 0.6 is 0 Å². The zero-order valence-corrected chi connectivity index (χ0v) is 28.9. The molecule has 0 unspecified atom stereocenters. The minimum Gasteiger partial charge on any atom is -0.459 e. The highest BCUT2D eigenvalue weighted by Crippen LogP contribution is 2.09. The van der Waals surface area contributed by atoms with E-state index in [1.807, 2.05) is 60.8 Å². The molecular weight excluding hydrogens is 568 g/mol. The van der Waals surface area contributed by atoms with E-state index in [2.05, 4.69) is 38.2 Å². The lowest BCUT2D eigenvalue weighted by Gasteiger charge is -2.02. The first-order valence-electron chi connectivity index (χ1n) is 17.7. The van der Waals surface area contributed by atoms with Crippen LogP contribution in [0.2, 0.25) is 0 Å². The molecule has 0 amide bonds. The van der Waals surface area contributed by atoms with Crippen LogP contribution in [0.15, 0.2) is 122 Å². The highest BCUT2D eigenvalue weighted by molar-refractivity contribution is 5.83. The fourth-order valence-corrected chi connectivity index (χ4v) is 4.21. The summed E-state index contributed by atoms with van der Waals surface area (Å²) in [6, 6.07) is 0. The maximum Gasteiger partial charge on any atom is 0.330 e. The Morgan fingerprint density at radius 3 is 1.00 bits per heavy atom. The number of hydrogen-bond acceptors (Lipinski definition) is 4. The molecule has 0 atom stereocenters. The van der Waals surface area contributed by atoms with Crippen molar-refractivity contribution in [2.24, 2.45) is 0 Å². The number of esters is 2. The minimum atomic E-state index is -0.487. The first-order valence-corrected chi connectivity index (χ1v) is 17.7. The van der Waals surface area contributed by atoms with Gasteiger partial charge in [0.2, 0.25) is 0 Å². The molecular formula is C42H62O4. The van der Waals surface area contributed by atoms with E-state index in [4.69, 9.17) is 9.47 Å². The van der Waals surface area contributed by atoms with Gasteiger partial charge in [-0.2, -0.15) is 0 Å². The van der Waals surface area contributed by atoms with Gasteiger partial charge in [-0.15, -0.1) is 0 Å². The Morgan fingerprint density at radius 2 is 0.652 bits per heavy atom. The zero-order chi connectivity index (χ0) is 33.4. The fraction of sp³-hybridized carbons (Fsp3) is 0.476. The number of carbonyl (C=O) groups is 2. The quantitative estimate of drug-likeness (QED) is 0.0357. The largest absolute Gasteiger partial charge is 0.459 e. The molecule has 0 aliphatic rings. The van der Waals surface area contributed by atoms with Crippen LogP contribution in [-0.4, -0.2) is 25.2 Å². The smallest absolute Gasteiger partial charge is 0.330 e. The van der Waals surface area contributed by atoms with E-state index >= 15 is 0 Å². The molecule has 0 aliphatic heterocycles. The van der Waals surface area contributed by atoms with Crippen LogP contribution in [0, 0.1) is 0 Å². The minimum absolute atomic E-state index is 0.00203. The van der Waals surface area contributed by atoms with E-state index in [9.17, 15) is 9.59 Å². The van der Waals surface area contributed by atoms with Crippen molar-refractivity contribution in [2.75, 3.05) is 13.2 Å². The van der Waals surface area contributed by atoms with Crippen LogP contribution in [0.1, 0.15) is 117 Å². The van der Waals surface area contributed by atoms with Gasteiger partial charge < -0.3 is 9.47 Å². The molecule has 0 aromatic heterocycles. The normalized spacial score (nSPS) is 13.0. The molecule has 0 N–H and O–H groups in total. The van der Waals surface area contributed by atoms with Crippen LogP contribution in [0.25, 0.3) is 0 Å². The lowest BCUT2D eigenvalue weighted by molar-refractivity contribution is -0.146. The van der Waals surface area contributed by atoms with Crippen molar-refractivity contribution >= 4 is 11.9 Å². The maximum absolute atomic E-state index is 11.7. The second-order valence-corrected chi connectivity index (χ2v) is 11.0. The molecule has 0 aromatic carbocycles. The first kappa shape index (κ1) is 42.3. The van der Waals surface area contributed by atoms with Gasteiger partial charge in [0.1, 0.15) is 13.2 Å². The summed E-state index contributed by atoms with van der Waals surface area (Å²) in [5.41, 5.74) is 0. The van der Waals surface area contributed by atoms with E-state index in [0.29, 0.717) is 0 Å². The SMILES string of the molecule is CCCCCCCCC/C=C/C=C/C=C/C=C/C=C/C(=O)OCCOC(=O)/C=C/C=C/C=C/C=C/C=C/CCCCCCCCC. The Hall–Kier alpha value is -3.66. The van der Waals surface area contributed by atoms with Crippen molar-refractivity contribution in [1.82, 2.24) is 0 Å². The fourth-order valence-electron chi connectivity index (χ4n) is 4.21. The standard InChI is InChI=1S/C42H62O4/c1-3-5-7-9-11-13-15-17-19-21-23-25-27-29-31-33-35-37-41(43)45-39-40-46-42(44)38-36-34-32-30-28-26-24-22-20-18-16-14-12-10-8-6-4-2/h19-38H,3-18,39-40H2,1-2H3/b21-19+,22-20+,25-23+,26-24+,29-27+,30-28+,33-31+,34-32+,37-35+,38-36+. The third-order valence-electron chi connectivity index (χ3n) is 6.81. The van der Waals surface area contributed by atoms with Gasteiger partial charge in [0, 0.05) is 12.2 Å². The average molecular weight is 631 g/mol.